The minimum Gasteiger partial charge on any atom is -0.368 e. The smallest absolute Gasteiger partial charge is 0.128 e. The molecule has 2 aromatic rings. The second-order valence-corrected chi connectivity index (χ2v) is 4.87. The molecule has 1 aliphatic heterocycles. The van der Waals surface area contributed by atoms with E-state index in [1.807, 2.05) is 24.7 Å². The summed E-state index contributed by atoms with van der Waals surface area (Å²) in [5.74, 6) is 1.09. The lowest BCUT2D eigenvalue weighted by Crippen LogP contribution is -2.46. The highest BCUT2D eigenvalue weighted by Crippen LogP contribution is 2.18. The summed E-state index contributed by atoms with van der Waals surface area (Å²) in [6.07, 6.45) is 5.59. The first-order valence-corrected chi connectivity index (χ1v) is 6.65. The van der Waals surface area contributed by atoms with Gasteiger partial charge >= 0.3 is 0 Å². The Labute approximate surface area is 113 Å². The van der Waals surface area contributed by atoms with Crippen LogP contribution in [0.3, 0.4) is 0 Å². The van der Waals surface area contributed by atoms with Crippen molar-refractivity contribution in [3.8, 4) is 0 Å². The molecular formula is C15H18N4. The number of rotatable bonds is 2. The van der Waals surface area contributed by atoms with Crippen molar-refractivity contribution in [2.75, 3.05) is 36.0 Å². The number of hydrogen-bond donors (Lipinski definition) is 0. The summed E-state index contributed by atoms with van der Waals surface area (Å²) in [6.45, 7) is 6.19. The predicted molar refractivity (Wildman–Crippen MR) is 77.6 cm³/mol. The molecule has 3 rings (SSSR count). The Morgan fingerprint density at radius 1 is 0.895 bits per heavy atom. The van der Waals surface area contributed by atoms with Crippen molar-refractivity contribution < 1.29 is 0 Å². The van der Waals surface area contributed by atoms with E-state index in [1.54, 1.807) is 0 Å². The number of aryl methyl sites for hydroxylation is 1. The van der Waals surface area contributed by atoms with E-state index in [0.29, 0.717) is 0 Å². The molecule has 4 nitrogen and oxygen atoms in total. The molecule has 0 bridgehead atoms. The van der Waals surface area contributed by atoms with Gasteiger partial charge in [-0.05, 0) is 36.8 Å². The lowest BCUT2D eigenvalue weighted by Gasteiger charge is -2.36. The summed E-state index contributed by atoms with van der Waals surface area (Å²) in [5.41, 5.74) is 2.52. The average molecular weight is 254 g/mol. The highest BCUT2D eigenvalue weighted by Gasteiger charge is 2.18. The molecule has 0 spiro atoms. The standard InChI is InChI=1S/C15H18N4/c1-13-2-7-17-15(12-13)19-10-8-18(9-11-19)14-3-5-16-6-4-14/h2-7,12H,8-11H2,1H3. The minimum atomic E-state index is 1.01. The van der Waals surface area contributed by atoms with Crippen LogP contribution in [0.5, 0.6) is 0 Å². The summed E-state index contributed by atoms with van der Waals surface area (Å²) in [4.78, 5) is 13.3. The van der Waals surface area contributed by atoms with E-state index in [9.17, 15) is 0 Å². The average Bonchev–Trinajstić information content (AvgIpc) is 2.48. The molecule has 0 aliphatic carbocycles. The third-order valence-corrected chi connectivity index (χ3v) is 3.53. The van der Waals surface area contributed by atoms with Crippen LogP contribution < -0.4 is 9.80 Å². The van der Waals surface area contributed by atoms with Crippen LogP contribution in [-0.4, -0.2) is 36.1 Å². The van der Waals surface area contributed by atoms with Crippen LogP contribution in [-0.2, 0) is 0 Å². The van der Waals surface area contributed by atoms with Gasteiger partial charge in [0.05, 0.1) is 0 Å². The summed E-state index contributed by atoms with van der Waals surface area (Å²) in [5, 5.41) is 0. The summed E-state index contributed by atoms with van der Waals surface area (Å²) < 4.78 is 0. The number of nitrogens with zero attached hydrogens (tertiary/aromatic N) is 4. The van der Waals surface area contributed by atoms with E-state index in [4.69, 9.17) is 0 Å². The number of piperazine rings is 1. The predicted octanol–water partition coefficient (Wildman–Crippen LogP) is 2.11. The van der Waals surface area contributed by atoms with Crippen LogP contribution in [0.2, 0.25) is 0 Å². The normalized spacial score (nSPS) is 15.6. The third kappa shape index (κ3) is 2.67. The monoisotopic (exact) mass is 254 g/mol. The van der Waals surface area contributed by atoms with Gasteiger partial charge < -0.3 is 9.80 Å². The van der Waals surface area contributed by atoms with E-state index < -0.39 is 0 Å². The molecule has 0 radical (unpaired) electrons. The van der Waals surface area contributed by atoms with E-state index in [-0.39, 0.29) is 0 Å². The Hall–Kier alpha value is -2.10. The SMILES string of the molecule is Cc1ccnc(N2CCN(c3ccncc3)CC2)c1. The van der Waals surface area contributed by atoms with Gasteiger partial charge in [-0.15, -0.1) is 0 Å². The molecule has 3 heterocycles. The van der Waals surface area contributed by atoms with Crippen LogP contribution in [0.4, 0.5) is 11.5 Å². The number of hydrogen-bond acceptors (Lipinski definition) is 4. The molecule has 0 unspecified atom stereocenters. The van der Waals surface area contributed by atoms with Gasteiger partial charge in [-0.25, -0.2) is 4.98 Å². The third-order valence-electron chi connectivity index (χ3n) is 3.53. The fourth-order valence-electron chi connectivity index (χ4n) is 2.44. The summed E-state index contributed by atoms with van der Waals surface area (Å²) in [7, 11) is 0. The number of pyridine rings is 2. The first-order chi connectivity index (χ1) is 9.33. The molecule has 0 N–H and O–H groups in total. The molecule has 1 fully saturated rings. The van der Waals surface area contributed by atoms with Crippen molar-refractivity contribution >= 4 is 11.5 Å². The van der Waals surface area contributed by atoms with Gasteiger partial charge in [0.2, 0.25) is 0 Å². The lowest BCUT2D eigenvalue weighted by molar-refractivity contribution is 0.647. The van der Waals surface area contributed by atoms with E-state index >= 15 is 0 Å². The fraction of sp³-hybridized carbons (Fsp3) is 0.333. The number of aromatic nitrogens is 2. The van der Waals surface area contributed by atoms with Crippen molar-refractivity contribution in [1.29, 1.82) is 0 Å². The minimum absolute atomic E-state index is 1.01. The van der Waals surface area contributed by atoms with E-state index in [0.717, 1.165) is 32.0 Å². The van der Waals surface area contributed by atoms with Gasteiger partial charge in [-0.3, -0.25) is 4.98 Å². The second kappa shape index (κ2) is 5.26. The maximum Gasteiger partial charge on any atom is 0.128 e. The van der Waals surface area contributed by atoms with E-state index in [2.05, 4.69) is 44.9 Å². The Kier molecular flexibility index (Phi) is 3.31. The topological polar surface area (TPSA) is 32.3 Å². The Bertz CT molecular complexity index is 533. The molecule has 0 saturated carbocycles. The van der Waals surface area contributed by atoms with Gasteiger partial charge in [0.25, 0.3) is 0 Å². The Morgan fingerprint density at radius 3 is 2.26 bits per heavy atom. The molecule has 4 heteroatoms. The molecule has 1 saturated heterocycles. The Balaban J connectivity index is 1.67. The first kappa shape index (κ1) is 12.0. The quantitative estimate of drug-likeness (QED) is 0.821. The van der Waals surface area contributed by atoms with Crippen molar-refractivity contribution in [3.63, 3.8) is 0 Å². The zero-order valence-corrected chi connectivity index (χ0v) is 11.2. The molecule has 2 aromatic heterocycles. The van der Waals surface area contributed by atoms with Gasteiger partial charge in [-0.1, -0.05) is 0 Å². The van der Waals surface area contributed by atoms with Crippen molar-refractivity contribution in [2.24, 2.45) is 0 Å². The Morgan fingerprint density at radius 2 is 1.58 bits per heavy atom. The molecule has 0 atom stereocenters. The molecule has 1 aliphatic rings. The van der Waals surface area contributed by atoms with Crippen LogP contribution in [0.25, 0.3) is 0 Å². The highest BCUT2D eigenvalue weighted by atomic mass is 15.3. The number of anilines is 2. The zero-order chi connectivity index (χ0) is 13.1. The zero-order valence-electron chi connectivity index (χ0n) is 11.2. The van der Waals surface area contributed by atoms with Crippen LogP contribution in [0, 0.1) is 6.92 Å². The van der Waals surface area contributed by atoms with Crippen molar-refractivity contribution in [2.45, 2.75) is 6.92 Å². The van der Waals surface area contributed by atoms with E-state index in [1.165, 1.54) is 11.3 Å². The maximum atomic E-state index is 4.46. The van der Waals surface area contributed by atoms with Gasteiger partial charge in [0.15, 0.2) is 0 Å². The molecule has 19 heavy (non-hydrogen) atoms. The van der Waals surface area contributed by atoms with Gasteiger partial charge in [0.1, 0.15) is 5.82 Å². The molecule has 0 aromatic carbocycles. The molecule has 0 amide bonds. The summed E-state index contributed by atoms with van der Waals surface area (Å²) >= 11 is 0. The molecular weight excluding hydrogens is 236 g/mol. The van der Waals surface area contributed by atoms with Crippen molar-refractivity contribution in [1.82, 2.24) is 9.97 Å². The molecule has 98 valence electrons. The fourth-order valence-corrected chi connectivity index (χ4v) is 2.44. The van der Waals surface area contributed by atoms with Crippen LogP contribution in [0.1, 0.15) is 5.56 Å². The highest BCUT2D eigenvalue weighted by molar-refractivity contribution is 5.48. The van der Waals surface area contributed by atoms with Crippen LogP contribution in [0.15, 0.2) is 42.9 Å². The van der Waals surface area contributed by atoms with Gasteiger partial charge in [-0.2, -0.15) is 0 Å². The second-order valence-electron chi connectivity index (χ2n) is 4.87. The van der Waals surface area contributed by atoms with Crippen LogP contribution >= 0.6 is 0 Å². The summed E-state index contributed by atoms with van der Waals surface area (Å²) in [6, 6.07) is 8.33. The first-order valence-electron chi connectivity index (χ1n) is 6.65. The largest absolute Gasteiger partial charge is 0.368 e. The van der Waals surface area contributed by atoms with Crippen molar-refractivity contribution in [3.05, 3.63) is 48.4 Å². The van der Waals surface area contributed by atoms with Gasteiger partial charge in [0, 0.05) is 50.5 Å². The lowest BCUT2D eigenvalue weighted by atomic mass is 10.2. The maximum absolute atomic E-state index is 4.46.